The minimum absolute atomic E-state index is 0.221. The molecule has 3 nitrogen and oxygen atoms in total. The normalized spacial score (nSPS) is 26.8. The van der Waals surface area contributed by atoms with Crippen LogP contribution in [0.5, 0.6) is 0 Å². The third-order valence-electron chi connectivity index (χ3n) is 2.13. The van der Waals surface area contributed by atoms with E-state index >= 15 is 0 Å². The first-order valence-corrected chi connectivity index (χ1v) is 4.00. The maximum Gasteiger partial charge on any atom is 0.306 e. The van der Waals surface area contributed by atoms with E-state index in [0.717, 1.165) is 26.1 Å². The Morgan fingerprint density at radius 3 is 3.00 bits per heavy atom. The molecule has 11 heavy (non-hydrogen) atoms. The van der Waals surface area contributed by atoms with Crippen LogP contribution < -0.4 is 0 Å². The molecule has 1 aliphatic heterocycles. The van der Waals surface area contributed by atoms with Crippen LogP contribution in [-0.2, 0) is 9.53 Å². The van der Waals surface area contributed by atoms with Gasteiger partial charge in [-0.25, -0.2) is 0 Å². The number of hydrogen-bond donors (Lipinski definition) is 1. The largest absolute Gasteiger partial charge is 0.481 e. The summed E-state index contributed by atoms with van der Waals surface area (Å²) in [4.78, 5) is 10.4. The number of carboxylic acids is 1. The fourth-order valence-corrected chi connectivity index (χ4v) is 1.37. The highest BCUT2D eigenvalue weighted by Gasteiger charge is 2.21. The summed E-state index contributed by atoms with van der Waals surface area (Å²) in [6.45, 7) is 3.30. The Morgan fingerprint density at radius 2 is 2.55 bits per heavy atom. The zero-order valence-electron chi connectivity index (χ0n) is 6.75. The van der Waals surface area contributed by atoms with E-state index in [1.54, 1.807) is 6.92 Å². The van der Waals surface area contributed by atoms with E-state index in [1.165, 1.54) is 0 Å². The summed E-state index contributed by atoms with van der Waals surface area (Å²) in [6.07, 6.45) is 1.78. The van der Waals surface area contributed by atoms with Gasteiger partial charge in [-0.05, 0) is 18.8 Å². The molecular weight excluding hydrogens is 144 g/mol. The summed E-state index contributed by atoms with van der Waals surface area (Å²) in [5.74, 6) is -0.445. The van der Waals surface area contributed by atoms with Crippen molar-refractivity contribution >= 4 is 5.97 Å². The number of ether oxygens (including phenoxy) is 1. The molecule has 1 rings (SSSR count). The summed E-state index contributed by atoms with van der Waals surface area (Å²) in [7, 11) is 0. The minimum atomic E-state index is -0.697. The molecular formula is C8H14O3. The summed E-state index contributed by atoms with van der Waals surface area (Å²) < 4.78 is 5.14. The molecule has 2 atom stereocenters. The molecule has 0 saturated carbocycles. The van der Waals surface area contributed by atoms with Crippen LogP contribution in [0.15, 0.2) is 0 Å². The average Bonchev–Trinajstić information content (AvgIpc) is 2.39. The molecule has 0 aromatic carbocycles. The van der Waals surface area contributed by atoms with Crippen molar-refractivity contribution < 1.29 is 14.6 Å². The Balaban J connectivity index is 2.23. The molecule has 0 aromatic rings. The lowest BCUT2D eigenvalue weighted by atomic mass is 9.95. The van der Waals surface area contributed by atoms with Crippen LogP contribution in [0.25, 0.3) is 0 Å². The van der Waals surface area contributed by atoms with E-state index in [9.17, 15) is 4.79 Å². The smallest absolute Gasteiger partial charge is 0.306 e. The third kappa shape index (κ3) is 2.50. The molecule has 64 valence electrons. The van der Waals surface area contributed by atoms with Crippen molar-refractivity contribution in [1.29, 1.82) is 0 Å². The predicted octanol–water partition coefficient (Wildman–Crippen LogP) is 1.13. The van der Waals surface area contributed by atoms with Gasteiger partial charge in [0.15, 0.2) is 0 Å². The Kier molecular flexibility index (Phi) is 2.88. The van der Waals surface area contributed by atoms with Crippen molar-refractivity contribution in [3.8, 4) is 0 Å². The van der Waals surface area contributed by atoms with Crippen LogP contribution in [-0.4, -0.2) is 24.3 Å². The van der Waals surface area contributed by atoms with Gasteiger partial charge in [0.25, 0.3) is 0 Å². The average molecular weight is 158 g/mol. The Morgan fingerprint density at radius 1 is 1.82 bits per heavy atom. The molecule has 0 aliphatic carbocycles. The van der Waals surface area contributed by atoms with Crippen LogP contribution >= 0.6 is 0 Å². The number of carboxylic acid groups (broad SMARTS) is 1. The van der Waals surface area contributed by atoms with Crippen LogP contribution in [0.3, 0.4) is 0 Å². The van der Waals surface area contributed by atoms with Crippen molar-refractivity contribution in [3.63, 3.8) is 0 Å². The van der Waals surface area contributed by atoms with Crippen molar-refractivity contribution in [2.75, 3.05) is 13.2 Å². The summed E-state index contributed by atoms with van der Waals surface area (Å²) >= 11 is 0. The molecule has 1 fully saturated rings. The number of rotatable bonds is 3. The monoisotopic (exact) mass is 158 g/mol. The second-order valence-corrected chi connectivity index (χ2v) is 3.20. The quantitative estimate of drug-likeness (QED) is 0.669. The molecule has 0 bridgehead atoms. The van der Waals surface area contributed by atoms with Crippen molar-refractivity contribution in [2.24, 2.45) is 11.8 Å². The highest BCUT2D eigenvalue weighted by molar-refractivity contribution is 5.69. The zero-order valence-corrected chi connectivity index (χ0v) is 6.75. The maximum absolute atomic E-state index is 10.4. The topological polar surface area (TPSA) is 46.5 Å². The van der Waals surface area contributed by atoms with Crippen LogP contribution in [0, 0.1) is 11.8 Å². The molecule has 3 heteroatoms. The first kappa shape index (κ1) is 8.53. The van der Waals surface area contributed by atoms with Gasteiger partial charge in [0, 0.05) is 13.2 Å². The molecule has 1 saturated heterocycles. The Bertz CT molecular complexity index is 138. The zero-order chi connectivity index (χ0) is 8.27. The molecule has 1 unspecified atom stereocenters. The second-order valence-electron chi connectivity index (χ2n) is 3.20. The second kappa shape index (κ2) is 3.72. The van der Waals surface area contributed by atoms with Gasteiger partial charge in [-0.2, -0.15) is 0 Å². The molecule has 0 amide bonds. The summed E-state index contributed by atoms with van der Waals surface area (Å²) in [6, 6.07) is 0. The fraction of sp³-hybridized carbons (Fsp3) is 0.875. The maximum atomic E-state index is 10.4. The van der Waals surface area contributed by atoms with Gasteiger partial charge in [-0.15, -0.1) is 0 Å². The summed E-state index contributed by atoms with van der Waals surface area (Å²) in [5, 5.41) is 8.60. The molecule has 1 heterocycles. The van der Waals surface area contributed by atoms with Gasteiger partial charge >= 0.3 is 5.97 Å². The van der Waals surface area contributed by atoms with Crippen LogP contribution in [0.4, 0.5) is 0 Å². The van der Waals surface area contributed by atoms with Gasteiger partial charge < -0.3 is 9.84 Å². The number of carbonyl (C=O) groups is 1. The van der Waals surface area contributed by atoms with Gasteiger partial charge in [0.05, 0.1) is 5.92 Å². The first-order chi connectivity index (χ1) is 5.20. The SMILES string of the molecule is C[C@H](CC1CCOC1)C(=O)O. The minimum Gasteiger partial charge on any atom is -0.481 e. The highest BCUT2D eigenvalue weighted by Crippen LogP contribution is 2.20. The molecule has 1 N–H and O–H groups in total. The summed E-state index contributed by atoms with van der Waals surface area (Å²) in [5.41, 5.74) is 0. The third-order valence-corrected chi connectivity index (χ3v) is 2.13. The van der Waals surface area contributed by atoms with Gasteiger partial charge in [-0.3, -0.25) is 4.79 Å². The lowest BCUT2D eigenvalue weighted by Gasteiger charge is -2.09. The Hall–Kier alpha value is -0.570. The van der Waals surface area contributed by atoms with E-state index in [2.05, 4.69) is 0 Å². The van der Waals surface area contributed by atoms with Crippen molar-refractivity contribution in [2.45, 2.75) is 19.8 Å². The standard InChI is InChI=1S/C8H14O3/c1-6(8(9)10)4-7-2-3-11-5-7/h6-7H,2-5H2,1H3,(H,9,10)/t6-,7?/m1/s1. The van der Waals surface area contributed by atoms with Crippen molar-refractivity contribution in [3.05, 3.63) is 0 Å². The van der Waals surface area contributed by atoms with E-state index in [4.69, 9.17) is 9.84 Å². The van der Waals surface area contributed by atoms with Gasteiger partial charge in [0.2, 0.25) is 0 Å². The number of hydrogen-bond acceptors (Lipinski definition) is 2. The lowest BCUT2D eigenvalue weighted by Crippen LogP contribution is -2.14. The fourth-order valence-electron chi connectivity index (χ4n) is 1.37. The molecule has 0 aromatic heterocycles. The molecule has 0 radical (unpaired) electrons. The number of aliphatic carboxylic acids is 1. The Labute approximate surface area is 66.4 Å². The molecule has 0 spiro atoms. The van der Waals surface area contributed by atoms with Crippen molar-refractivity contribution in [1.82, 2.24) is 0 Å². The van der Waals surface area contributed by atoms with E-state index in [-0.39, 0.29) is 5.92 Å². The van der Waals surface area contributed by atoms with E-state index in [1.807, 2.05) is 0 Å². The van der Waals surface area contributed by atoms with Gasteiger partial charge in [-0.1, -0.05) is 6.92 Å². The van der Waals surface area contributed by atoms with Crippen LogP contribution in [0.2, 0.25) is 0 Å². The lowest BCUT2D eigenvalue weighted by molar-refractivity contribution is -0.141. The predicted molar refractivity (Wildman–Crippen MR) is 40.3 cm³/mol. The van der Waals surface area contributed by atoms with E-state index in [0.29, 0.717) is 5.92 Å². The molecule has 1 aliphatic rings. The van der Waals surface area contributed by atoms with E-state index < -0.39 is 5.97 Å². The van der Waals surface area contributed by atoms with Gasteiger partial charge in [0.1, 0.15) is 0 Å². The highest BCUT2D eigenvalue weighted by atomic mass is 16.5. The first-order valence-electron chi connectivity index (χ1n) is 4.00. The van der Waals surface area contributed by atoms with Crippen LogP contribution in [0.1, 0.15) is 19.8 Å².